The summed E-state index contributed by atoms with van der Waals surface area (Å²) in [5, 5.41) is 8.01. The zero-order valence-electron chi connectivity index (χ0n) is 22.5. The molecule has 0 radical (unpaired) electrons. The second kappa shape index (κ2) is 11.6. The number of anilines is 1. The highest BCUT2D eigenvalue weighted by atomic mass is 35.5. The van der Waals surface area contributed by atoms with Gasteiger partial charge in [0.1, 0.15) is 11.5 Å². The molecule has 12 heteroatoms. The highest BCUT2D eigenvalue weighted by Gasteiger charge is 2.28. The lowest BCUT2D eigenvalue weighted by molar-refractivity contribution is 0.0752. The molecule has 208 valence electrons. The molecule has 5 aromatic heterocycles. The average molecular weight is 588 g/mol. The van der Waals surface area contributed by atoms with Crippen LogP contribution in [0.1, 0.15) is 40.9 Å². The van der Waals surface area contributed by atoms with Gasteiger partial charge in [-0.1, -0.05) is 32.4 Å². The number of carbonyl (C=O) groups is 2. The van der Waals surface area contributed by atoms with E-state index < -0.39 is 5.41 Å². The van der Waals surface area contributed by atoms with Gasteiger partial charge in [-0.25, -0.2) is 4.98 Å². The molecule has 0 aliphatic rings. The molecule has 0 atom stereocenters. The van der Waals surface area contributed by atoms with Crippen molar-refractivity contribution in [3.8, 4) is 22.5 Å². The van der Waals surface area contributed by atoms with Crippen molar-refractivity contribution >= 4 is 40.4 Å². The number of halogens is 1. The van der Waals surface area contributed by atoms with Gasteiger partial charge in [0.25, 0.3) is 11.5 Å². The molecule has 10 nitrogen and oxygen atoms in total. The Morgan fingerprint density at radius 1 is 1.00 bits per heavy atom. The highest BCUT2D eigenvalue weighted by Crippen LogP contribution is 2.33. The number of Topliss-reactive ketones (excluding diaryl/α,β-unsaturated/α-hetero) is 1. The van der Waals surface area contributed by atoms with Crippen molar-refractivity contribution in [3.05, 3.63) is 98.7 Å². The van der Waals surface area contributed by atoms with E-state index in [1.165, 1.54) is 45.2 Å². The summed E-state index contributed by atoms with van der Waals surface area (Å²) in [7, 11) is 0. The van der Waals surface area contributed by atoms with Gasteiger partial charge in [-0.15, -0.1) is 11.3 Å². The minimum absolute atomic E-state index is 0.144. The number of aromatic nitrogens is 6. The van der Waals surface area contributed by atoms with Crippen LogP contribution < -0.4 is 10.9 Å². The van der Waals surface area contributed by atoms with E-state index in [1.54, 1.807) is 36.7 Å². The summed E-state index contributed by atoms with van der Waals surface area (Å²) in [6, 6.07) is 12.0. The summed E-state index contributed by atoms with van der Waals surface area (Å²) in [4.78, 5) is 52.9. The summed E-state index contributed by atoms with van der Waals surface area (Å²) in [6.07, 6.45) is 7.47. The monoisotopic (exact) mass is 587 g/mol. The van der Waals surface area contributed by atoms with Crippen LogP contribution in [0, 0.1) is 5.41 Å². The first kappa shape index (κ1) is 28.1. The number of thiophene rings is 1. The first-order valence-corrected chi connectivity index (χ1v) is 13.9. The van der Waals surface area contributed by atoms with E-state index >= 15 is 0 Å². The second-order valence-electron chi connectivity index (χ2n) is 10.2. The van der Waals surface area contributed by atoms with Crippen molar-refractivity contribution in [2.24, 2.45) is 5.41 Å². The number of ketones is 1. The lowest BCUT2D eigenvalue weighted by Gasteiger charge is -2.18. The first-order valence-electron chi connectivity index (χ1n) is 12.7. The maximum absolute atomic E-state index is 13.4. The number of nitrogens with zero attached hydrogens (tertiary/aromatic N) is 6. The standard InChI is InChI=1S/C29H26ClN7O3S/c1-29(2,3)28(40)37-25(34-15-19-4-6-24(30)41-19)14-21(35-37)20-5-7-26(39)36(27(20)18-8-10-31-11-9-18)17-23(38)22-16-32-12-13-33-22/h4-14,16,34H,15,17H2,1-3H3. The van der Waals surface area contributed by atoms with E-state index in [0.29, 0.717) is 39.2 Å². The highest BCUT2D eigenvalue weighted by molar-refractivity contribution is 7.16. The first-order chi connectivity index (χ1) is 19.6. The Morgan fingerprint density at radius 2 is 1.78 bits per heavy atom. The van der Waals surface area contributed by atoms with E-state index in [0.717, 1.165) is 4.88 Å². The van der Waals surface area contributed by atoms with Gasteiger partial charge < -0.3 is 5.32 Å². The van der Waals surface area contributed by atoms with Crippen LogP contribution in [0.15, 0.2) is 78.2 Å². The lowest BCUT2D eigenvalue weighted by Crippen LogP contribution is -2.29. The molecular weight excluding hydrogens is 562 g/mol. The number of hydrogen-bond acceptors (Lipinski definition) is 9. The fourth-order valence-corrected chi connectivity index (χ4v) is 5.19. The van der Waals surface area contributed by atoms with Crippen LogP contribution in [-0.2, 0) is 13.1 Å². The van der Waals surface area contributed by atoms with Gasteiger partial charge in [-0.05, 0) is 30.3 Å². The molecule has 41 heavy (non-hydrogen) atoms. The Labute approximate surface area is 244 Å². The quantitative estimate of drug-likeness (QED) is 0.237. The Morgan fingerprint density at radius 3 is 2.44 bits per heavy atom. The van der Waals surface area contributed by atoms with Crippen molar-refractivity contribution in [1.82, 2.24) is 29.3 Å². The minimum Gasteiger partial charge on any atom is -0.365 e. The van der Waals surface area contributed by atoms with Crippen LogP contribution in [0.5, 0.6) is 0 Å². The smallest absolute Gasteiger partial charge is 0.254 e. The molecule has 0 saturated heterocycles. The van der Waals surface area contributed by atoms with Crippen molar-refractivity contribution < 1.29 is 9.59 Å². The van der Waals surface area contributed by atoms with Crippen LogP contribution in [0.4, 0.5) is 5.82 Å². The van der Waals surface area contributed by atoms with E-state index in [-0.39, 0.29) is 29.5 Å². The SMILES string of the molecule is CC(C)(C)C(=O)n1nc(-c2ccc(=O)n(CC(=O)c3cnccn3)c2-c2ccncc2)cc1NCc1ccc(Cl)s1. The minimum atomic E-state index is -0.720. The van der Waals surface area contributed by atoms with Gasteiger partial charge in [-0.2, -0.15) is 9.78 Å². The molecule has 0 amide bonds. The van der Waals surface area contributed by atoms with E-state index in [2.05, 4.69) is 20.3 Å². The number of nitrogens with one attached hydrogen (secondary N) is 1. The summed E-state index contributed by atoms with van der Waals surface area (Å²) in [5.41, 5.74) is 1.16. The molecule has 0 fully saturated rings. The fourth-order valence-electron chi connectivity index (χ4n) is 4.17. The summed E-state index contributed by atoms with van der Waals surface area (Å²) in [5.74, 6) is -0.108. The number of carbonyl (C=O) groups excluding carboxylic acids is 2. The topological polar surface area (TPSA) is 125 Å². The van der Waals surface area contributed by atoms with Crippen molar-refractivity contribution in [1.29, 1.82) is 0 Å². The summed E-state index contributed by atoms with van der Waals surface area (Å²) in [6.45, 7) is 5.62. The van der Waals surface area contributed by atoms with Gasteiger partial charge in [0.2, 0.25) is 5.78 Å². The summed E-state index contributed by atoms with van der Waals surface area (Å²) < 4.78 is 3.40. The Hall–Kier alpha value is -4.48. The van der Waals surface area contributed by atoms with Crippen molar-refractivity contribution in [2.45, 2.75) is 33.9 Å². The molecule has 5 aromatic rings. The maximum atomic E-state index is 13.4. The molecule has 0 spiro atoms. The molecule has 5 rings (SSSR count). The van der Waals surface area contributed by atoms with Crippen LogP contribution in [0.25, 0.3) is 22.5 Å². The van der Waals surface area contributed by atoms with E-state index in [9.17, 15) is 14.4 Å². The number of rotatable bonds is 8. The van der Waals surface area contributed by atoms with Crippen LogP contribution in [-0.4, -0.2) is 41.0 Å². The van der Waals surface area contributed by atoms with Gasteiger partial charge in [0.05, 0.1) is 35.0 Å². The largest absolute Gasteiger partial charge is 0.365 e. The van der Waals surface area contributed by atoms with Crippen LogP contribution in [0.2, 0.25) is 4.34 Å². The molecule has 0 aromatic carbocycles. The third kappa shape index (κ3) is 6.16. The molecule has 0 aliphatic carbocycles. The molecule has 5 heterocycles. The predicted octanol–water partition coefficient (Wildman–Crippen LogP) is 5.46. The van der Waals surface area contributed by atoms with Crippen LogP contribution >= 0.6 is 22.9 Å². The maximum Gasteiger partial charge on any atom is 0.254 e. The zero-order chi connectivity index (χ0) is 29.1. The average Bonchev–Trinajstić information content (AvgIpc) is 3.58. The Balaban J connectivity index is 1.64. The molecule has 0 aliphatic heterocycles. The Bertz CT molecular complexity index is 1770. The van der Waals surface area contributed by atoms with E-state index in [4.69, 9.17) is 16.7 Å². The lowest BCUT2D eigenvalue weighted by atomic mass is 9.96. The van der Waals surface area contributed by atoms with E-state index in [1.807, 2.05) is 32.9 Å². The van der Waals surface area contributed by atoms with Gasteiger partial charge in [0.15, 0.2) is 0 Å². The number of pyridine rings is 2. The predicted molar refractivity (Wildman–Crippen MR) is 158 cm³/mol. The van der Waals surface area contributed by atoms with Crippen molar-refractivity contribution in [3.63, 3.8) is 0 Å². The molecule has 0 unspecified atom stereocenters. The van der Waals surface area contributed by atoms with Gasteiger partial charge in [-0.3, -0.25) is 28.9 Å². The van der Waals surface area contributed by atoms with Crippen molar-refractivity contribution in [2.75, 3.05) is 5.32 Å². The van der Waals surface area contributed by atoms with Gasteiger partial charge in [0, 0.05) is 58.3 Å². The second-order valence-corrected chi connectivity index (χ2v) is 12.0. The van der Waals surface area contributed by atoms with Crippen LogP contribution in [0.3, 0.4) is 0 Å². The summed E-state index contributed by atoms with van der Waals surface area (Å²) >= 11 is 7.54. The Kier molecular flexibility index (Phi) is 7.91. The fraction of sp³-hybridized carbons (Fsp3) is 0.207. The molecule has 0 bridgehead atoms. The number of hydrogen-bond donors (Lipinski definition) is 1. The third-order valence-electron chi connectivity index (χ3n) is 6.18. The molecule has 0 saturated carbocycles. The normalized spacial score (nSPS) is 11.4. The molecular formula is C29H26ClN7O3S. The third-order valence-corrected chi connectivity index (χ3v) is 7.41. The zero-order valence-corrected chi connectivity index (χ0v) is 24.1. The molecule has 1 N–H and O–H groups in total. The van der Waals surface area contributed by atoms with Gasteiger partial charge >= 0.3 is 0 Å².